The SMILES string of the molecule is COC1(C)C2(CC3CC2C2C4C=CC(C4)C32)OC(OC)(C(F)(F)F)C1(F)F. The van der Waals surface area contributed by atoms with E-state index in [4.69, 9.17) is 9.47 Å². The quantitative estimate of drug-likeness (QED) is 0.400. The normalized spacial score (nSPS) is 57.2. The van der Waals surface area contributed by atoms with E-state index in [9.17, 15) is 13.2 Å². The van der Waals surface area contributed by atoms with Gasteiger partial charge in [0.1, 0.15) is 5.60 Å². The molecule has 0 aromatic carbocycles. The molecule has 0 N–H and O–H groups in total. The second-order valence-electron chi connectivity index (χ2n) is 9.03. The van der Waals surface area contributed by atoms with E-state index < -0.39 is 35.0 Å². The molecule has 152 valence electrons. The van der Waals surface area contributed by atoms with E-state index in [-0.39, 0.29) is 24.2 Å². The number of hydrogen-bond acceptors (Lipinski definition) is 3. The number of rotatable bonds is 2. The van der Waals surface area contributed by atoms with Gasteiger partial charge in [0.05, 0.1) is 0 Å². The van der Waals surface area contributed by atoms with Crippen LogP contribution in [-0.4, -0.2) is 43.3 Å². The van der Waals surface area contributed by atoms with Crippen molar-refractivity contribution in [2.75, 3.05) is 14.2 Å². The van der Waals surface area contributed by atoms with Gasteiger partial charge in [-0.25, -0.2) is 0 Å². The van der Waals surface area contributed by atoms with Crippen LogP contribution in [-0.2, 0) is 14.2 Å². The summed E-state index contributed by atoms with van der Waals surface area (Å²) in [7, 11) is 1.68. The van der Waals surface area contributed by atoms with Gasteiger partial charge in [-0.2, -0.15) is 22.0 Å². The van der Waals surface area contributed by atoms with E-state index in [2.05, 4.69) is 16.9 Å². The summed E-state index contributed by atoms with van der Waals surface area (Å²) in [4.78, 5) is 0. The molecule has 0 amide bonds. The van der Waals surface area contributed by atoms with Crippen molar-refractivity contribution in [3.8, 4) is 0 Å². The predicted octanol–water partition coefficient (Wildman–Crippen LogP) is 4.18. The molecule has 3 nitrogen and oxygen atoms in total. The molecule has 0 radical (unpaired) electrons. The van der Waals surface area contributed by atoms with Gasteiger partial charge in [-0.1, -0.05) is 12.2 Å². The lowest BCUT2D eigenvalue weighted by Gasteiger charge is -2.49. The van der Waals surface area contributed by atoms with E-state index >= 15 is 8.78 Å². The minimum Gasteiger partial charge on any atom is -0.369 e. The highest BCUT2D eigenvalue weighted by Gasteiger charge is 2.92. The van der Waals surface area contributed by atoms with Crippen molar-refractivity contribution in [3.05, 3.63) is 12.2 Å². The Kier molecular flexibility index (Phi) is 3.30. The Bertz CT molecular complexity index is 708. The molecule has 1 saturated heterocycles. The molecule has 1 spiro atoms. The summed E-state index contributed by atoms with van der Waals surface area (Å²) in [5, 5.41) is 0. The van der Waals surface area contributed by atoms with E-state index in [0.29, 0.717) is 25.4 Å². The molecule has 27 heavy (non-hydrogen) atoms. The molecule has 4 aliphatic carbocycles. The Labute approximate surface area is 154 Å². The summed E-state index contributed by atoms with van der Waals surface area (Å²) in [6, 6.07) is 0. The zero-order chi connectivity index (χ0) is 19.6. The standard InChI is InChI=1S/C19H23F5O3/c1-15(25-2)16(27-18(26-3,17(15,20)21)19(22,23)24)8-11-7-12(16)14-10-5-4-9(6-10)13(11)14/h4-5,9-14H,6-8H2,1-3H3. The van der Waals surface area contributed by atoms with Crippen LogP contribution in [0.5, 0.6) is 0 Å². The van der Waals surface area contributed by atoms with E-state index in [1.165, 1.54) is 0 Å². The van der Waals surface area contributed by atoms with Crippen molar-refractivity contribution in [2.24, 2.45) is 35.5 Å². The van der Waals surface area contributed by atoms with Gasteiger partial charge in [-0.15, -0.1) is 0 Å². The average Bonchev–Trinajstić information content (AvgIpc) is 3.35. The molecule has 0 aromatic heterocycles. The van der Waals surface area contributed by atoms with Crippen molar-refractivity contribution in [2.45, 2.75) is 55.3 Å². The Morgan fingerprint density at radius 3 is 2.19 bits per heavy atom. The molecule has 1 aliphatic heterocycles. The third-order valence-electron chi connectivity index (χ3n) is 8.53. The van der Waals surface area contributed by atoms with Crippen molar-refractivity contribution in [1.82, 2.24) is 0 Å². The van der Waals surface area contributed by atoms with Crippen LogP contribution in [0.3, 0.4) is 0 Å². The van der Waals surface area contributed by atoms with Gasteiger partial charge in [-0.3, -0.25) is 0 Å². The predicted molar refractivity (Wildman–Crippen MR) is 83.9 cm³/mol. The van der Waals surface area contributed by atoms with Crippen LogP contribution in [0.1, 0.15) is 26.2 Å². The summed E-state index contributed by atoms with van der Waals surface area (Å²) in [6.07, 6.45) is 0.615. The largest absolute Gasteiger partial charge is 0.450 e. The number of allylic oxidation sites excluding steroid dienone is 2. The van der Waals surface area contributed by atoms with Crippen molar-refractivity contribution >= 4 is 0 Å². The molecule has 8 heteroatoms. The summed E-state index contributed by atoms with van der Waals surface area (Å²) in [5.74, 6) is -7.64. The molecule has 9 atom stereocenters. The molecular weight excluding hydrogens is 371 g/mol. The molecule has 1 heterocycles. The third kappa shape index (κ3) is 1.64. The number of ether oxygens (including phenoxy) is 3. The zero-order valence-corrected chi connectivity index (χ0v) is 15.4. The number of hydrogen-bond donors (Lipinski definition) is 0. The second-order valence-corrected chi connectivity index (χ2v) is 9.03. The third-order valence-corrected chi connectivity index (χ3v) is 8.53. The molecule has 3 saturated carbocycles. The first-order chi connectivity index (χ1) is 12.5. The molecule has 4 fully saturated rings. The maximum atomic E-state index is 15.5. The minimum absolute atomic E-state index is 0.0740. The fourth-order valence-electron chi connectivity index (χ4n) is 7.52. The number of methoxy groups -OCH3 is 2. The molecule has 0 aromatic rings. The number of halogens is 5. The highest BCUT2D eigenvalue weighted by atomic mass is 19.4. The monoisotopic (exact) mass is 394 g/mol. The summed E-state index contributed by atoms with van der Waals surface area (Å²) >= 11 is 0. The van der Waals surface area contributed by atoms with Gasteiger partial charge < -0.3 is 14.2 Å². The second kappa shape index (κ2) is 4.87. The zero-order valence-electron chi connectivity index (χ0n) is 15.4. The van der Waals surface area contributed by atoms with Crippen molar-refractivity contribution in [1.29, 1.82) is 0 Å². The van der Waals surface area contributed by atoms with Gasteiger partial charge in [0.2, 0.25) is 0 Å². The maximum Gasteiger partial charge on any atom is 0.450 e. The topological polar surface area (TPSA) is 27.7 Å². The molecule has 9 unspecified atom stereocenters. The van der Waals surface area contributed by atoms with Gasteiger partial charge in [0.15, 0.2) is 5.60 Å². The molecule has 4 bridgehead atoms. The van der Waals surface area contributed by atoms with Crippen LogP contribution in [0.4, 0.5) is 22.0 Å². The Morgan fingerprint density at radius 1 is 1.00 bits per heavy atom. The fraction of sp³-hybridized carbons (Fsp3) is 0.895. The lowest BCUT2D eigenvalue weighted by atomic mass is 9.62. The fourth-order valence-corrected chi connectivity index (χ4v) is 7.52. The van der Waals surface area contributed by atoms with Crippen LogP contribution in [0.25, 0.3) is 0 Å². The first kappa shape index (κ1) is 18.3. The average molecular weight is 394 g/mol. The van der Waals surface area contributed by atoms with Gasteiger partial charge >= 0.3 is 17.9 Å². The first-order valence-corrected chi connectivity index (χ1v) is 9.43. The first-order valence-electron chi connectivity index (χ1n) is 9.43. The Balaban J connectivity index is 1.66. The van der Waals surface area contributed by atoms with Crippen molar-refractivity contribution < 1.29 is 36.2 Å². The highest BCUT2D eigenvalue weighted by molar-refractivity contribution is 5.32. The van der Waals surface area contributed by atoms with Crippen molar-refractivity contribution in [3.63, 3.8) is 0 Å². The number of alkyl halides is 5. The minimum atomic E-state index is -5.40. The Hall–Kier alpha value is -0.730. The molecule has 5 aliphatic rings. The Morgan fingerprint density at radius 2 is 1.63 bits per heavy atom. The summed E-state index contributed by atoms with van der Waals surface area (Å²) in [6.45, 7) is 1.07. The van der Waals surface area contributed by atoms with E-state index in [1.54, 1.807) is 0 Å². The van der Waals surface area contributed by atoms with Crippen LogP contribution < -0.4 is 0 Å². The van der Waals surface area contributed by atoms with Gasteiger partial charge in [-0.05, 0) is 61.7 Å². The summed E-state index contributed by atoms with van der Waals surface area (Å²) < 4.78 is 87.7. The van der Waals surface area contributed by atoms with E-state index in [0.717, 1.165) is 20.5 Å². The van der Waals surface area contributed by atoms with E-state index in [1.807, 2.05) is 0 Å². The maximum absolute atomic E-state index is 15.5. The lowest BCUT2D eigenvalue weighted by molar-refractivity contribution is -0.425. The van der Waals surface area contributed by atoms with Crippen LogP contribution in [0.15, 0.2) is 12.2 Å². The smallest absolute Gasteiger partial charge is 0.369 e. The van der Waals surface area contributed by atoms with Crippen LogP contribution >= 0.6 is 0 Å². The summed E-state index contributed by atoms with van der Waals surface area (Å²) in [5.41, 5.74) is -4.15. The van der Waals surface area contributed by atoms with Gasteiger partial charge in [0, 0.05) is 14.2 Å². The lowest BCUT2D eigenvalue weighted by Crippen LogP contribution is -2.66. The highest BCUT2D eigenvalue weighted by Crippen LogP contribution is 2.76. The van der Waals surface area contributed by atoms with Crippen LogP contribution in [0, 0.1) is 35.5 Å². The van der Waals surface area contributed by atoms with Gasteiger partial charge in [0.25, 0.3) is 0 Å². The van der Waals surface area contributed by atoms with Crippen LogP contribution in [0.2, 0.25) is 0 Å². The number of fused-ring (bicyclic) bond motifs is 10. The molecular formula is C19H23F5O3. The molecule has 5 rings (SSSR count).